The molecule has 0 spiro atoms. The number of nitrogens with zero attached hydrogens (tertiary/aromatic N) is 2. The van der Waals surface area contributed by atoms with Crippen LogP contribution < -0.4 is 0 Å². The van der Waals surface area contributed by atoms with Gasteiger partial charge in [-0.05, 0) is 30.5 Å². The van der Waals surface area contributed by atoms with E-state index < -0.39 is 6.10 Å². The van der Waals surface area contributed by atoms with Gasteiger partial charge in [0.15, 0.2) is 0 Å². The smallest absolute Gasteiger partial charge is 0.0863 e. The fraction of sp³-hybridized carbons (Fsp3) is 0.500. The summed E-state index contributed by atoms with van der Waals surface area (Å²) in [6, 6.07) is 6.37. The second-order valence-corrected chi connectivity index (χ2v) is 7.00. The monoisotopic (exact) mass is 286 g/mol. The van der Waals surface area contributed by atoms with Gasteiger partial charge in [0, 0.05) is 30.6 Å². The molecule has 1 aromatic carbocycles. The Hall–Kier alpha value is -1.61. The van der Waals surface area contributed by atoms with E-state index in [1.807, 2.05) is 13.2 Å². The largest absolute Gasteiger partial charge is 0.388 e. The van der Waals surface area contributed by atoms with E-state index in [2.05, 4.69) is 57.9 Å². The molecule has 0 amide bonds. The molecule has 0 aliphatic carbocycles. The van der Waals surface area contributed by atoms with Crippen molar-refractivity contribution < 1.29 is 5.11 Å². The molecule has 21 heavy (non-hydrogen) atoms. The molecule has 3 heteroatoms. The van der Waals surface area contributed by atoms with E-state index in [1.165, 1.54) is 11.1 Å². The standard InChI is InChI=1S/C18H26N2O/c1-12-7-8-14(9-13(12)2)10-16(21)15-11-20(6)19-17(15)18(3,4)5/h7-9,11,16,21H,10H2,1-6H3. The first kappa shape index (κ1) is 15.8. The fourth-order valence-corrected chi connectivity index (χ4v) is 2.60. The summed E-state index contributed by atoms with van der Waals surface area (Å²) in [4.78, 5) is 0. The van der Waals surface area contributed by atoms with Crippen LogP contribution in [0.25, 0.3) is 0 Å². The molecular formula is C18H26N2O. The van der Waals surface area contributed by atoms with E-state index in [0.717, 1.165) is 16.8 Å². The van der Waals surface area contributed by atoms with Gasteiger partial charge in [0.05, 0.1) is 11.8 Å². The first-order chi connectivity index (χ1) is 9.68. The third kappa shape index (κ3) is 3.53. The summed E-state index contributed by atoms with van der Waals surface area (Å²) in [6.45, 7) is 10.6. The van der Waals surface area contributed by atoms with Crippen molar-refractivity contribution in [2.24, 2.45) is 7.05 Å². The topological polar surface area (TPSA) is 38.0 Å². The number of rotatable bonds is 3. The molecule has 3 nitrogen and oxygen atoms in total. The molecule has 2 rings (SSSR count). The maximum absolute atomic E-state index is 10.6. The summed E-state index contributed by atoms with van der Waals surface area (Å²) < 4.78 is 1.79. The third-order valence-electron chi connectivity index (χ3n) is 3.93. The molecule has 1 unspecified atom stereocenters. The molecule has 1 atom stereocenters. The molecule has 0 saturated heterocycles. The zero-order valence-corrected chi connectivity index (χ0v) is 13.9. The van der Waals surface area contributed by atoms with Gasteiger partial charge in [0.1, 0.15) is 0 Å². The first-order valence-corrected chi connectivity index (χ1v) is 7.46. The minimum Gasteiger partial charge on any atom is -0.388 e. The Balaban J connectivity index is 2.28. The van der Waals surface area contributed by atoms with Crippen LogP contribution in [0, 0.1) is 13.8 Å². The van der Waals surface area contributed by atoms with Crippen LogP contribution in [-0.2, 0) is 18.9 Å². The van der Waals surface area contributed by atoms with Gasteiger partial charge in [-0.15, -0.1) is 0 Å². The maximum Gasteiger partial charge on any atom is 0.0863 e. The Bertz CT molecular complexity index is 635. The van der Waals surface area contributed by atoms with Crippen molar-refractivity contribution in [2.75, 3.05) is 0 Å². The SMILES string of the molecule is Cc1ccc(CC(O)c2cn(C)nc2C(C)(C)C)cc1C. The van der Waals surface area contributed by atoms with Gasteiger partial charge in [-0.2, -0.15) is 5.10 Å². The van der Waals surface area contributed by atoms with Crippen molar-refractivity contribution >= 4 is 0 Å². The molecule has 2 aromatic rings. The number of hydrogen-bond acceptors (Lipinski definition) is 2. The minimum atomic E-state index is -0.518. The van der Waals surface area contributed by atoms with Crippen LogP contribution in [0.1, 0.15) is 54.8 Å². The summed E-state index contributed by atoms with van der Waals surface area (Å²) in [6.07, 6.45) is 2.04. The molecule has 0 fully saturated rings. The molecule has 114 valence electrons. The minimum absolute atomic E-state index is 0.0687. The van der Waals surface area contributed by atoms with Gasteiger partial charge in [-0.3, -0.25) is 4.68 Å². The maximum atomic E-state index is 10.6. The molecule has 0 bridgehead atoms. The summed E-state index contributed by atoms with van der Waals surface area (Å²) in [7, 11) is 1.90. The summed E-state index contributed by atoms with van der Waals surface area (Å²) in [5.41, 5.74) is 5.55. The van der Waals surface area contributed by atoms with Gasteiger partial charge in [0.2, 0.25) is 0 Å². The highest BCUT2D eigenvalue weighted by Gasteiger charge is 2.25. The zero-order valence-electron chi connectivity index (χ0n) is 13.9. The summed E-state index contributed by atoms with van der Waals surface area (Å²) >= 11 is 0. The molecule has 1 N–H and O–H groups in total. The lowest BCUT2D eigenvalue weighted by Crippen LogP contribution is -2.17. The van der Waals surface area contributed by atoms with Gasteiger partial charge in [-0.1, -0.05) is 39.0 Å². The predicted molar refractivity (Wildman–Crippen MR) is 86.5 cm³/mol. The quantitative estimate of drug-likeness (QED) is 0.936. The number of aromatic nitrogens is 2. The lowest BCUT2D eigenvalue weighted by atomic mass is 9.87. The molecule has 0 aliphatic heterocycles. The average Bonchev–Trinajstić information content (AvgIpc) is 2.76. The number of hydrogen-bond donors (Lipinski definition) is 1. The normalized spacial score (nSPS) is 13.5. The van der Waals surface area contributed by atoms with Crippen LogP contribution in [0.2, 0.25) is 0 Å². The number of aliphatic hydroxyl groups excluding tert-OH is 1. The van der Waals surface area contributed by atoms with Crippen LogP contribution in [-0.4, -0.2) is 14.9 Å². The molecular weight excluding hydrogens is 260 g/mol. The lowest BCUT2D eigenvalue weighted by Gasteiger charge is -2.20. The summed E-state index contributed by atoms with van der Waals surface area (Å²) in [5.74, 6) is 0. The molecule has 0 saturated carbocycles. The van der Waals surface area contributed by atoms with Crippen LogP contribution >= 0.6 is 0 Å². The van der Waals surface area contributed by atoms with Gasteiger partial charge < -0.3 is 5.11 Å². The van der Waals surface area contributed by atoms with Gasteiger partial charge >= 0.3 is 0 Å². The molecule has 1 aromatic heterocycles. The zero-order chi connectivity index (χ0) is 15.8. The van der Waals surface area contributed by atoms with E-state index in [0.29, 0.717) is 6.42 Å². The van der Waals surface area contributed by atoms with Crippen molar-refractivity contribution in [1.82, 2.24) is 9.78 Å². The second kappa shape index (κ2) is 5.64. The Labute approximate surface area is 127 Å². The Kier molecular flexibility index (Phi) is 4.24. The van der Waals surface area contributed by atoms with Crippen LogP contribution in [0.15, 0.2) is 24.4 Å². The number of aryl methyl sites for hydroxylation is 3. The van der Waals surface area contributed by atoms with Gasteiger partial charge in [-0.25, -0.2) is 0 Å². The van der Waals surface area contributed by atoms with E-state index in [-0.39, 0.29) is 5.41 Å². The number of aliphatic hydroxyl groups is 1. The van der Waals surface area contributed by atoms with Crippen LogP contribution in [0.4, 0.5) is 0 Å². The Morgan fingerprint density at radius 1 is 1.19 bits per heavy atom. The van der Waals surface area contributed by atoms with Gasteiger partial charge in [0.25, 0.3) is 0 Å². The van der Waals surface area contributed by atoms with Crippen LogP contribution in [0.3, 0.4) is 0 Å². The van der Waals surface area contributed by atoms with Crippen molar-refractivity contribution in [3.63, 3.8) is 0 Å². The van der Waals surface area contributed by atoms with Crippen molar-refractivity contribution in [3.05, 3.63) is 52.3 Å². The van der Waals surface area contributed by atoms with Crippen molar-refractivity contribution in [1.29, 1.82) is 0 Å². The lowest BCUT2D eigenvalue weighted by molar-refractivity contribution is 0.176. The highest BCUT2D eigenvalue weighted by atomic mass is 16.3. The highest BCUT2D eigenvalue weighted by molar-refractivity contribution is 5.32. The van der Waals surface area contributed by atoms with Crippen molar-refractivity contribution in [3.8, 4) is 0 Å². The highest BCUT2D eigenvalue weighted by Crippen LogP contribution is 2.30. The van der Waals surface area contributed by atoms with E-state index in [1.54, 1.807) is 4.68 Å². The molecule has 1 heterocycles. The average molecular weight is 286 g/mol. The third-order valence-corrected chi connectivity index (χ3v) is 3.93. The van der Waals surface area contributed by atoms with E-state index in [4.69, 9.17) is 0 Å². The Morgan fingerprint density at radius 2 is 1.86 bits per heavy atom. The fourth-order valence-electron chi connectivity index (χ4n) is 2.60. The second-order valence-electron chi connectivity index (χ2n) is 7.00. The van der Waals surface area contributed by atoms with Crippen LogP contribution in [0.5, 0.6) is 0 Å². The molecule has 0 radical (unpaired) electrons. The van der Waals surface area contributed by atoms with E-state index in [9.17, 15) is 5.11 Å². The molecule has 0 aliphatic rings. The van der Waals surface area contributed by atoms with E-state index >= 15 is 0 Å². The van der Waals surface area contributed by atoms with Crippen molar-refractivity contribution in [2.45, 2.75) is 52.6 Å². The first-order valence-electron chi connectivity index (χ1n) is 7.46. The summed E-state index contributed by atoms with van der Waals surface area (Å²) in [5, 5.41) is 15.2. The predicted octanol–water partition coefficient (Wildman–Crippen LogP) is 3.61. The number of benzene rings is 1. The Morgan fingerprint density at radius 3 is 2.43 bits per heavy atom.